The highest BCUT2D eigenvalue weighted by atomic mass is 32.2. The van der Waals surface area contributed by atoms with Crippen LogP contribution in [0.4, 0.5) is 0 Å². The first-order valence-corrected chi connectivity index (χ1v) is 7.92. The number of benzene rings is 1. The standard InChI is InChI=1S/C14H12N2O2S2/c17-11(10-5-2-1-3-6-10)9-20-14-16-15-13(18-14)12-7-4-8-19-12/h1-8,11,17H,9H2. The average Bonchev–Trinajstić information content (AvgIpc) is 3.16. The maximum Gasteiger partial charge on any atom is 0.276 e. The van der Waals surface area contributed by atoms with E-state index in [0.29, 0.717) is 16.9 Å². The maximum absolute atomic E-state index is 10.1. The SMILES string of the molecule is OC(CSc1nnc(-c2cccs2)o1)c1ccccc1. The molecule has 3 rings (SSSR count). The normalized spacial score (nSPS) is 12.4. The van der Waals surface area contributed by atoms with E-state index < -0.39 is 6.10 Å². The van der Waals surface area contributed by atoms with Crippen molar-refractivity contribution in [1.29, 1.82) is 0 Å². The molecule has 6 heteroatoms. The van der Waals surface area contributed by atoms with Crippen molar-refractivity contribution >= 4 is 23.1 Å². The van der Waals surface area contributed by atoms with Crippen molar-refractivity contribution in [1.82, 2.24) is 10.2 Å². The lowest BCUT2D eigenvalue weighted by molar-refractivity contribution is 0.204. The number of aromatic nitrogens is 2. The van der Waals surface area contributed by atoms with E-state index in [0.717, 1.165) is 10.4 Å². The van der Waals surface area contributed by atoms with Gasteiger partial charge in [-0.3, -0.25) is 0 Å². The lowest BCUT2D eigenvalue weighted by Gasteiger charge is -2.08. The molecule has 1 aromatic carbocycles. The van der Waals surface area contributed by atoms with Crippen LogP contribution in [0.2, 0.25) is 0 Å². The van der Waals surface area contributed by atoms with Gasteiger partial charge in [0.2, 0.25) is 0 Å². The van der Waals surface area contributed by atoms with Gasteiger partial charge in [-0.2, -0.15) is 0 Å². The van der Waals surface area contributed by atoms with Crippen LogP contribution >= 0.6 is 23.1 Å². The summed E-state index contributed by atoms with van der Waals surface area (Å²) in [6.45, 7) is 0. The third-order valence-electron chi connectivity index (χ3n) is 2.69. The molecule has 0 aliphatic carbocycles. The van der Waals surface area contributed by atoms with Gasteiger partial charge in [-0.25, -0.2) is 0 Å². The van der Waals surface area contributed by atoms with Gasteiger partial charge in [0, 0.05) is 5.75 Å². The van der Waals surface area contributed by atoms with Gasteiger partial charge in [-0.15, -0.1) is 21.5 Å². The Morgan fingerprint density at radius 1 is 1.15 bits per heavy atom. The third-order valence-corrected chi connectivity index (χ3v) is 4.44. The summed E-state index contributed by atoms with van der Waals surface area (Å²) in [6, 6.07) is 13.4. The van der Waals surface area contributed by atoms with Gasteiger partial charge >= 0.3 is 0 Å². The Hall–Kier alpha value is -1.63. The summed E-state index contributed by atoms with van der Waals surface area (Å²) in [5.74, 6) is 1.01. The minimum absolute atomic E-state index is 0.475. The predicted molar refractivity (Wildman–Crippen MR) is 79.7 cm³/mol. The Kier molecular flexibility index (Phi) is 4.15. The average molecular weight is 304 g/mol. The summed E-state index contributed by atoms with van der Waals surface area (Å²) in [6.07, 6.45) is -0.543. The Balaban J connectivity index is 1.62. The highest BCUT2D eigenvalue weighted by Gasteiger charge is 2.13. The molecule has 102 valence electrons. The maximum atomic E-state index is 10.1. The molecule has 0 amide bonds. The molecular weight excluding hydrogens is 292 g/mol. The summed E-state index contributed by atoms with van der Waals surface area (Å²) >= 11 is 2.91. The number of aliphatic hydroxyl groups excluding tert-OH is 1. The van der Waals surface area contributed by atoms with E-state index in [-0.39, 0.29) is 0 Å². The number of hydrogen-bond donors (Lipinski definition) is 1. The van der Waals surface area contributed by atoms with Crippen LogP contribution in [0, 0.1) is 0 Å². The zero-order valence-corrected chi connectivity index (χ0v) is 12.1. The van der Waals surface area contributed by atoms with Crippen molar-refractivity contribution in [2.45, 2.75) is 11.3 Å². The molecule has 0 aliphatic heterocycles. The number of nitrogens with zero attached hydrogens (tertiary/aromatic N) is 2. The van der Waals surface area contributed by atoms with Gasteiger partial charge < -0.3 is 9.52 Å². The molecule has 2 aromatic heterocycles. The van der Waals surface area contributed by atoms with Gasteiger partial charge in [-0.1, -0.05) is 48.2 Å². The van der Waals surface area contributed by atoms with Gasteiger partial charge in [0.05, 0.1) is 11.0 Å². The molecule has 0 saturated heterocycles. The highest BCUT2D eigenvalue weighted by molar-refractivity contribution is 7.99. The Morgan fingerprint density at radius 2 is 2.00 bits per heavy atom. The zero-order chi connectivity index (χ0) is 13.8. The van der Waals surface area contributed by atoms with E-state index in [1.165, 1.54) is 11.8 Å². The van der Waals surface area contributed by atoms with Gasteiger partial charge in [0.15, 0.2) is 0 Å². The fraction of sp³-hybridized carbons (Fsp3) is 0.143. The number of thioether (sulfide) groups is 1. The predicted octanol–water partition coefficient (Wildman–Crippen LogP) is 3.62. The number of rotatable bonds is 5. The first kappa shape index (κ1) is 13.4. The fourth-order valence-corrected chi connectivity index (χ4v) is 3.06. The molecule has 1 atom stereocenters. The van der Waals surface area contributed by atoms with Crippen LogP contribution in [-0.4, -0.2) is 21.1 Å². The van der Waals surface area contributed by atoms with E-state index in [9.17, 15) is 5.11 Å². The Bertz CT molecular complexity index is 653. The lowest BCUT2D eigenvalue weighted by atomic mass is 10.1. The molecule has 3 aromatic rings. The third kappa shape index (κ3) is 3.09. The van der Waals surface area contributed by atoms with Crippen LogP contribution in [0.25, 0.3) is 10.8 Å². The minimum Gasteiger partial charge on any atom is -0.410 e. The molecular formula is C14H12N2O2S2. The molecule has 0 spiro atoms. The second-order valence-corrected chi connectivity index (χ2v) is 6.01. The summed E-state index contributed by atoms with van der Waals surface area (Å²) in [5, 5.41) is 20.5. The molecule has 1 N–H and O–H groups in total. The van der Waals surface area contributed by atoms with E-state index in [1.807, 2.05) is 47.8 Å². The minimum atomic E-state index is -0.543. The first-order valence-electron chi connectivity index (χ1n) is 6.06. The smallest absolute Gasteiger partial charge is 0.276 e. The van der Waals surface area contributed by atoms with Crippen LogP contribution in [0.1, 0.15) is 11.7 Å². The summed E-state index contributed by atoms with van der Waals surface area (Å²) in [4.78, 5) is 0.952. The summed E-state index contributed by atoms with van der Waals surface area (Å²) < 4.78 is 5.55. The molecule has 0 aliphatic rings. The van der Waals surface area contributed by atoms with Crippen molar-refractivity contribution in [3.63, 3.8) is 0 Å². The van der Waals surface area contributed by atoms with Crippen LogP contribution in [-0.2, 0) is 0 Å². The van der Waals surface area contributed by atoms with Crippen molar-refractivity contribution in [3.05, 3.63) is 53.4 Å². The molecule has 2 heterocycles. The Labute approximate surface area is 124 Å². The van der Waals surface area contributed by atoms with E-state index in [1.54, 1.807) is 11.3 Å². The second-order valence-electron chi connectivity index (χ2n) is 4.09. The monoisotopic (exact) mass is 304 g/mol. The molecule has 0 radical (unpaired) electrons. The summed E-state index contributed by atoms with van der Waals surface area (Å²) in [5.41, 5.74) is 0.887. The fourth-order valence-electron chi connectivity index (χ4n) is 1.69. The van der Waals surface area contributed by atoms with Crippen molar-refractivity contribution < 1.29 is 9.52 Å². The molecule has 4 nitrogen and oxygen atoms in total. The van der Waals surface area contributed by atoms with E-state index in [2.05, 4.69) is 10.2 Å². The quantitative estimate of drug-likeness (QED) is 0.729. The highest BCUT2D eigenvalue weighted by Crippen LogP contribution is 2.28. The van der Waals surface area contributed by atoms with Crippen molar-refractivity contribution in [2.75, 3.05) is 5.75 Å². The van der Waals surface area contributed by atoms with Crippen LogP contribution in [0.15, 0.2) is 57.5 Å². The molecule has 0 saturated carbocycles. The molecule has 0 bridgehead atoms. The van der Waals surface area contributed by atoms with Crippen LogP contribution < -0.4 is 0 Å². The zero-order valence-electron chi connectivity index (χ0n) is 10.5. The van der Waals surface area contributed by atoms with Crippen LogP contribution in [0.5, 0.6) is 0 Å². The lowest BCUT2D eigenvalue weighted by Crippen LogP contribution is -1.99. The Morgan fingerprint density at radius 3 is 2.75 bits per heavy atom. The molecule has 0 fully saturated rings. The second kappa shape index (κ2) is 6.21. The van der Waals surface area contributed by atoms with Crippen LogP contribution in [0.3, 0.4) is 0 Å². The summed E-state index contributed by atoms with van der Waals surface area (Å²) in [7, 11) is 0. The van der Waals surface area contributed by atoms with Gasteiger partial charge in [-0.05, 0) is 17.0 Å². The topological polar surface area (TPSA) is 59.2 Å². The molecule has 20 heavy (non-hydrogen) atoms. The number of hydrogen-bond acceptors (Lipinski definition) is 6. The first-order chi connectivity index (χ1) is 9.83. The van der Waals surface area contributed by atoms with E-state index in [4.69, 9.17) is 4.42 Å². The van der Waals surface area contributed by atoms with E-state index >= 15 is 0 Å². The number of aliphatic hydroxyl groups is 1. The largest absolute Gasteiger partial charge is 0.410 e. The van der Waals surface area contributed by atoms with Gasteiger partial charge in [0.25, 0.3) is 11.1 Å². The van der Waals surface area contributed by atoms with Gasteiger partial charge in [0.1, 0.15) is 0 Å². The number of thiophene rings is 1. The van der Waals surface area contributed by atoms with Crippen molar-refractivity contribution in [3.8, 4) is 10.8 Å². The van der Waals surface area contributed by atoms with Crippen molar-refractivity contribution in [2.24, 2.45) is 0 Å². The molecule has 1 unspecified atom stereocenters.